The Hall–Kier alpha value is -2.03. The van der Waals surface area contributed by atoms with Gasteiger partial charge in [0.1, 0.15) is 0 Å². The second kappa shape index (κ2) is 7.07. The molecule has 0 bridgehead atoms. The van der Waals surface area contributed by atoms with Crippen LogP contribution < -0.4 is 5.73 Å². The van der Waals surface area contributed by atoms with Gasteiger partial charge in [-0.3, -0.25) is 9.47 Å². The van der Waals surface area contributed by atoms with Gasteiger partial charge in [-0.2, -0.15) is 0 Å². The maximum Gasteiger partial charge on any atom is 0.221 e. The van der Waals surface area contributed by atoms with Crippen molar-refractivity contribution in [1.29, 1.82) is 0 Å². The van der Waals surface area contributed by atoms with Crippen LogP contribution in [0.25, 0.3) is 10.9 Å². The van der Waals surface area contributed by atoms with E-state index in [4.69, 9.17) is 18.0 Å². The average Bonchev–Trinajstić information content (AvgIpc) is 2.80. The molecule has 8 heteroatoms. The molecule has 1 aliphatic rings. The largest absolute Gasteiger partial charge is 0.493 e. The second-order valence-corrected chi connectivity index (χ2v) is 7.07. The second-order valence-electron chi connectivity index (χ2n) is 6.65. The Kier molecular flexibility index (Phi) is 5.03. The lowest BCUT2D eigenvalue weighted by atomic mass is 10.1. The molecule has 0 unspecified atom stereocenters. The third-order valence-corrected chi connectivity index (χ3v) is 4.89. The number of aryl methyl sites for hydroxylation is 2. The molecule has 0 atom stereocenters. The highest BCUT2D eigenvalue weighted by atomic mass is 32.1. The molecule has 7 nitrogen and oxygen atoms in total. The van der Waals surface area contributed by atoms with Crippen molar-refractivity contribution in [3.05, 3.63) is 23.3 Å². The summed E-state index contributed by atoms with van der Waals surface area (Å²) < 4.78 is 1.89. The van der Waals surface area contributed by atoms with Crippen LogP contribution in [0.3, 0.4) is 0 Å². The smallest absolute Gasteiger partial charge is 0.221 e. The molecule has 1 aliphatic heterocycles. The van der Waals surface area contributed by atoms with Crippen molar-refractivity contribution in [2.45, 2.75) is 20.5 Å². The third-order valence-electron chi connectivity index (χ3n) is 4.81. The van der Waals surface area contributed by atoms with Crippen molar-refractivity contribution in [3.63, 3.8) is 0 Å². The van der Waals surface area contributed by atoms with Gasteiger partial charge in [-0.15, -0.1) is 10.2 Å². The maximum absolute atomic E-state index is 10.8. The van der Waals surface area contributed by atoms with Gasteiger partial charge in [-0.05, 0) is 56.4 Å². The molecule has 134 valence electrons. The number of rotatable bonds is 3. The van der Waals surface area contributed by atoms with E-state index in [9.17, 15) is 5.11 Å². The summed E-state index contributed by atoms with van der Waals surface area (Å²) >= 11 is 4.77. The van der Waals surface area contributed by atoms with Gasteiger partial charge in [0.05, 0.1) is 12.2 Å². The molecule has 0 saturated carbocycles. The number of thiocarbonyl (C=S) groups is 1. The zero-order valence-electron chi connectivity index (χ0n) is 14.9. The van der Waals surface area contributed by atoms with E-state index in [1.807, 2.05) is 17.6 Å². The molecule has 25 heavy (non-hydrogen) atoms. The van der Waals surface area contributed by atoms with Crippen LogP contribution in [0, 0.1) is 13.8 Å². The lowest BCUT2D eigenvalue weighted by Gasteiger charge is -2.32. The number of likely N-dealkylation sites (N-methyl/N-ethyl adjacent to an activating group) is 1. The molecule has 2 aromatic rings. The summed E-state index contributed by atoms with van der Waals surface area (Å²) in [5, 5.41) is 19.4. The number of azo groups is 1. The van der Waals surface area contributed by atoms with E-state index >= 15 is 0 Å². The molecule has 2 heterocycles. The minimum atomic E-state index is -0.0526. The molecule has 0 amide bonds. The van der Waals surface area contributed by atoms with Crippen molar-refractivity contribution >= 4 is 33.9 Å². The predicted molar refractivity (Wildman–Crippen MR) is 103 cm³/mol. The van der Waals surface area contributed by atoms with Crippen LogP contribution in [0.1, 0.15) is 11.1 Å². The van der Waals surface area contributed by atoms with Crippen LogP contribution in [-0.4, -0.2) is 57.8 Å². The van der Waals surface area contributed by atoms with Gasteiger partial charge >= 0.3 is 0 Å². The monoisotopic (exact) mass is 360 g/mol. The van der Waals surface area contributed by atoms with Crippen LogP contribution in [0.2, 0.25) is 0 Å². The van der Waals surface area contributed by atoms with Crippen molar-refractivity contribution in [3.8, 4) is 5.88 Å². The van der Waals surface area contributed by atoms with Crippen molar-refractivity contribution in [1.82, 2.24) is 14.4 Å². The summed E-state index contributed by atoms with van der Waals surface area (Å²) in [5.41, 5.74) is 9.09. The van der Waals surface area contributed by atoms with Crippen LogP contribution in [0.5, 0.6) is 5.88 Å². The van der Waals surface area contributed by atoms with Gasteiger partial charge in [-0.25, -0.2) is 0 Å². The quantitative estimate of drug-likeness (QED) is 0.649. The van der Waals surface area contributed by atoms with E-state index in [0.717, 1.165) is 42.6 Å². The minimum absolute atomic E-state index is 0.0526. The first-order valence-corrected chi connectivity index (χ1v) is 8.72. The number of hydrogen-bond donors (Lipinski definition) is 2. The minimum Gasteiger partial charge on any atom is -0.493 e. The number of benzene rings is 1. The lowest BCUT2D eigenvalue weighted by Crippen LogP contribution is -2.44. The maximum atomic E-state index is 10.8. The molecule has 0 radical (unpaired) electrons. The Labute approximate surface area is 152 Å². The molecule has 1 fully saturated rings. The molecule has 3 N–H and O–H groups in total. The number of hydrogen-bond acceptors (Lipinski definition) is 5. The van der Waals surface area contributed by atoms with E-state index in [1.165, 1.54) is 5.56 Å². The standard InChI is InChI=1S/C17H24N6OS/c1-11-8-13-14(9-12(11)2)23(10-22-6-4-21(3)5-7-22)16(24)15(13)19-20-17(18)25/h8-9,24H,4-7,10H2,1-3H3,(H2,18,25). The normalized spacial score (nSPS) is 16.9. The SMILES string of the molecule is Cc1cc2c(N=NC(N)=S)c(O)n(CN3CCN(C)CC3)c2cc1C. The molecule has 0 spiro atoms. The van der Waals surface area contributed by atoms with Crippen molar-refractivity contribution in [2.75, 3.05) is 33.2 Å². The molecule has 0 aliphatic carbocycles. The first kappa shape index (κ1) is 17.8. The molecule has 1 aromatic carbocycles. The highest BCUT2D eigenvalue weighted by Crippen LogP contribution is 2.40. The van der Waals surface area contributed by atoms with Crippen LogP contribution in [0.15, 0.2) is 22.4 Å². The number of aromatic hydroxyl groups is 1. The topological polar surface area (TPSA) is 82.4 Å². The first-order chi connectivity index (χ1) is 11.9. The van der Waals surface area contributed by atoms with Crippen molar-refractivity contribution in [2.24, 2.45) is 16.0 Å². The van der Waals surface area contributed by atoms with Gasteiger partial charge < -0.3 is 15.7 Å². The Morgan fingerprint density at radius 1 is 1.20 bits per heavy atom. The summed E-state index contributed by atoms with van der Waals surface area (Å²) in [5.74, 6) is 0.0962. The van der Waals surface area contributed by atoms with Gasteiger partial charge in [0.2, 0.25) is 11.0 Å². The number of aromatic nitrogens is 1. The number of fused-ring (bicyclic) bond motifs is 1. The zero-order chi connectivity index (χ0) is 18.1. The summed E-state index contributed by atoms with van der Waals surface area (Å²) in [6.07, 6.45) is 0. The Bertz CT molecular complexity index is 836. The fraction of sp³-hybridized carbons (Fsp3) is 0.471. The van der Waals surface area contributed by atoms with E-state index in [1.54, 1.807) is 0 Å². The highest BCUT2D eigenvalue weighted by Gasteiger charge is 2.21. The van der Waals surface area contributed by atoms with E-state index in [-0.39, 0.29) is 11.0 Å². The summed E-state index contributed by atoms with van der Waals surface area (Å²) in [6, 6.07) is 4.11. The number of piperazine rings is 1. The zero-order valence-corrected chi connectivity index (χ0v) is 15.7. The van der Waals surface area contributed by atoms with E-state index in [2.05, 4.69) is 40.1 Å². The average molecular weight is 360 g/mol. The first-order valence-electron chi connectivity index (χ1n) is 8.31. The fourth-order valence-corrected chi connectivity index (χ4v) is 3.15. The predicted octanol–water partition coefficient (Wildman–Crippen LogP) is 2.50. The molecule has 3 rings (SSSR count). The molecule has 1 aromatic heterocycles. The summed E-state index contributed by atoms with van der Waals surface area (Å²) in [6.45, 7) is 8.68. The summed E-state index contributed by atoms with van der Waals surface area (Å²) in [4.78, 5) is 4.63. The van der Waals surface area contributed by atoms with E-state index in [0.29, 0.717) is 12.4 Å². The van der Waals surface area contributed by atoms with Gasteiger partial charge in [0, 0.05) is 31.6 Å². The Morgan fingerprint density at radius 3 is 2.48 bits per heavy atom. The fourth-order valence-electron chi connectivity index (χ4n) is 3.11. The molecular formula is C17H24N6OS. The van der Waals surface area contributed by atoms with Gasteiger partial charge in [0.25, 0.3) is 0 Å². The van der Waals surface area contributed by atoms with Crippen LogP contribution in [-0.2, 0) is 6.67 Å². The van der Waals surface area contributed by atoms with E-state index < -0.39 is 0 Å². The Morgan fingerprint density at radius 2 is 1.84 bits per heavy atom. The van der Waals surface area contributed by atoms with Crippen LogP contribution >= 0.6 is 12.2 Å². The lowest BCUT2D eigenvalue weighted by molar-refractivity contribution is 0.123. The van der Waals surface area contributed by atoms with Gasteiger partial charge in [0.15, 0.2) is 5.69 Å². The Balaban J connectivity index is 2.06. The highest BCUT2D eigenvalue weighted by molar-refractivity contribution is 7.80. The van der Waals surface area contributed by atoms with Crippen LogP contribution in [0.4, 0.5) is 5.69 Å². The third kappa shape index (κ3) is 3.65. The number of nitrogens with two attached hydrogens (primary N) is 1. The summed E-state index contributed by atoms with van der Waals surface area (Å²) in [7, 11) is 2.13. The molecule has 1 saturated heterocycles. The van der Waals surface area contributed by atoms with Crippen molar-refractivity contribution < 1.29 is 5.11 Å². The molecular weight excluding hydrogens is 336 g/mol. The number of nitrogens with zero attached hydrogens (tertiary/aromatic N) is 5. The van der Waals surface area contributed by atoms with Gasteiger partial charge in [-0.1, -0.05) is 0 Å².